The second-order valence-corrected chi connectivity index (χ2v) is 3.14. The number of hydrogen-bond acceptors (Lipinski definition) is 2. The zero-order valence-electron chi connectivity index (χ0n) is 5.75. The minimum absolute atomic E-state index is 0.188. The summed E-state index contributed by atoms with van der Waals surface area (Å²) >= 11 is 0. The van der Waals surface area contributed by atoms with Gasteiger partial charge in [-0.05, 0) is 31.3 Å². The smallest absolute Gasteiger partial charge is 0.293 e. The molecule has 0 aromatic carbocycles. The summed E-state index contributed by atoms with van der Waals surface area (Å²) < 4.78 is 5.01. The Labute approximate surface area is 59.9 Å². The molecule has 2 rings (SSSR count). The highest BCUT2D eigenvalue weighted by molar-refractivity contribution is 5.40. The minimum Gasteiger partial charge on any atom is -0.457 e. The Morgan fingerprint density at radius 2 is 2.60 bits per heavy atom. The van der Waals surface area contributed by atoms with Gasteiger partial charge >= 0.3 is 0 Å². The third-order valence-corrected chi connectivity index (χ3v) is 2.50. The highest BCUT2D eigenvalue weighted by Gasteiger charge is 2.42. The van der Waals surface area contributed by atoms with Gasteiger partial charge in [-0.15, -0.1) is 0 Å². The fourth-order valence-corrected chi connectivity index (χ4v) is 1.95. The number of ether oxygens (including phenoxy) is 1. The maximum absolute atomic E-state index is 10.1. The lowest BCUT2D eigenvalue weighted by atomic mass is 10.0. The Morgan fingerprint density at radius 1 is 1.70 bits per heavy atom. The van der Waals surface area contributed by atoms with E-state index in [9.17, 15) is 4.79 Å². The molecular weight excluding hydrogens is 128 g/mol. The van der Waals surface area contributed by atoms with Crippen LogP contribution in [-0.4, -0.2) is 12.1 Å². The predicted octanol–water partition coefficient (Wildman–Crippen LogP) is 1.27. The summed E-state index contributed by atoms with van der Waals surface area (Å²) in [6.07, 6.45) is 7.42. The largest absolute Gasteiger partial charge is 0.457 e. The van der Waals surface area contributed by atoms with Crippen LogP contribution >= 0.6 is 0 Å². The van der Waals surface area contributed by atoms with E-state index in [0.29, 0.717) is 12.4 Å². The number of allylic oxidation sites excluding steroid dienone is 1. The number of rotatable bonds is 2. The lowest BCUT2D eigenvalue weighted by molar-refractivity contribution is -0.138. The van der Waals surface area contributed by atoms with Crippen molar-refractivity contribution in [1.29, 1.82) is 0 Å². The molecule has 2 atom stereocenters. The minimum atomic E-state index is -0.188. The van der Waals surface area contributed by atoms with Crippen molar-refractivity contribution in [2.75, 3.05) is 0 Å². The molecule has 0 spiro atoms. The van der Waals surface area contributed by atoms with Crippen molar-refractivity contribution < 1.29 is 9.53 Å². The quantitative estimate of drug-likeness (QED) is 0.424. The van der Waals surface area contributed by atoms with Crippen LogP contribution in [-0.2, 0) is 9.53 Å². The number of carbonyl (C=O) groups is 1. The summed E-state index contributed by atoms with van der Waals surface area (Å²) in [5.41, 5.74) is -0.188. The molecule has 0 aromatic heterocycles. The van der Waals surface area contributed by atoms with Crippen LogP contribution < -0.4 is 0 Å². The van der Waals surface area contributed by atoms with Crippen molar-refractivity contribution in [2.24, 2.45) is 5.92 Å². The second kappa shape index (κ2) is 1.84. The van der Waals surface area contributed by atoms with Gasteiger partial charge in [0, 0.05) is 0 Å². The molecule has 10 heavy (non-hydrogen) atoms. The molecule has 2 aliphatic rings. The van der Waals surface area contributed by atoms with Crippen LogP contribution in [0.4, 0.5) is 0 Å². The van der Waals surface area contributed by atoms with E-state index in [-0.39, 0.29) is 5.60 Å². The molecule has 2 nitrogen and oxygen atoms in total. The SMILES string of the molecule is O=COC12C=CC(CC1)C2. The number of fused-ring (bicyclic) bond motifs is 2. The van der Waals surface area contributed by atoms with Gasteiger partial charge in [-0.3, -0.25) is 4.79 Å². The molecule has 0 aromatic rings. The summed E-state index contributed by atoms with van der Waals surface area (Å²) in [5, 5.41) is 0. The lowest BCUT2D eigenvalue weighted by Gasteiger charge is -2.20. The van der Waals surface area contributed by atoms with Crippen LogP contribution in [0.5, 0.6) is 0 Å². The van der Waals surface area contributed by atoms with Crippen molar-refractivity contribution in [2.45, 2.75) is 24.9 Å². The lowest BCUT2D eigenvalue weighted by Crippen LogP contribution is -2.23. The standard InChI is InChI=1S/C8H10O2/c9-6-10-8-3-1-7(5-8)2-4-8/h1,3,6-7H,2,4-5H2. The molecule has 2 heteroatoms. The third-order valence-electron chi connectivity index (χ3n) is 2.50. The Bertz CT molecular complexity index is 186. The van der Waals surface area contributed by atoms with E-state index in [4.69, 9.17) is 4.74 Å². The maximum atomic E-state index is 10.1. The molecular formula is C8H10O2. The van der Waals surface area contributed by atoms with Crippen molar-refractivity contribution in [3.8, 4) is 0 Å². The van der Waals surface area contributed by atoms with Crippen molar-refractivity contribution >= 4 is 6.47 Å². The average Bonchev–Trinajstić information content (AvgIpc) is 2.46. The van der Waals surface area contributed by atoms with Crippen LogP contribution in [0, 0.1) is 5.92 Å². The van der Waals surface area contributed by atoms with Gasteiger partial charge in [0.2, 0.25) is 0 Å². The van der Waals surface area contributed by atoms with Gasteiger partial charge in [-0.25, -0.2) is 0 Å². The zero-order valence-corrected chi connectivity index (χ0v) is 5.75. The predicted molar refractivity (Wildman–Crippen MR) is 36.4 cm³/mol. The first-order valence-electron chi connectivity index (χ1n) is 3.65. The molecule has 0 heterocycles. The third kappa shape index (κ3) is 0.681. The molecule has 2 unspecified atom stereocenters. The van der Waals surface area contributed by atoms with E-state index in [1.807, 2.05) is 6.08 Å². The summed E-state index contributed by atoms with van der Waals surface area (Å²) in [5.74, 6) is 0.681. The van der Waals surface area contributed by atoms with Gasteiger partial charge in [0.25, 0.3) is 6.47 Å². The maximum Gasteiger partial charge on any atom is 0.293 e. The Morgan fingerprint density at radius 3 is 3.00 bits per heavy atom. The fourth-order valence-electron chi connectivity index (χ4n) is 1.95. The molecule has 2 aliphatic carbocycles. The molecule has 0 amide bonds. The number of hydrogen-bond donors (Lipinski definition) is 0. The summed E-state index contributed by atoms with van der Waals surface area (Å²) in [4.78, 5) is 10.1. The van der Waals surface area contributed by atoms with E-state index in [0.717, 1.165) is 12.8 Å². The van der Waals surface area contributed by atoms with Crippen LogP contribution in [0.1, 0.15) is 19.3 Å². The summed E-state index contributed by atoms with van der Waals surface area (Å²) in [7, 11) is 0. The first kappa shape index (κ1) is 5.96. The van der Waals surface area contributed by atoms with Crippen LogP contribution in [0.25, 0.3) is 0 Å². The van der Waals surface area contributed by atoms with Gasteiger partial charge in [0.05, 0.1) is 0 Å². The van der Waals surface area contributed by atoms with Crippen LogP contribution in [0.15, 0.2) is 12.2 Å². The van der Waals surface area contributed by atoms with E-state index in [1.54, 1.807) is 0 Å². The van der Waals surface area contributed by atoms with Crippen molar-refractivity contribution in [3.63, 3.8) is 0 Å². The van der Waals surface area contributed by atoms with Gasteiger partial charge in [0.1, 0.15) is 5.60 Å². The van der Waals surface area contributed by atoms with E-state index in [1.165, 1.54) is 6.42 Å². The summed E-state index contributed by atoms with van der Waals surface area (Å²) in [6, 6.07) is 0. The van der Waals surface area contributed by atoms with Gasteiger partial charge in [-0.1, -0.05) is 6.08 Å². The zero-order chi connectivity index (χ0) is 7.03. The Hall–Kier alpha value is -0.790. The average molecular weight is 138 g/mol. The first-order chi connectivity index (χ1) is 4.85. The molecule has 1 fully saturated rings. The molecule has 0 N–H and O–H groups in total. The van der Waals surface area contributed by atoms with E-state index < -0.39 is 0 Å². The summed E-state index contributed by atoms with van der Waals surface area (Å²) in [6.45, 7) is 0.567. The van der Waals surface area contributed by atoms with Crippen LogP contribution in [0.3, 0.4) is 0 Å². The highest BCUT2D eigenvalue weighted by Crippen LogP contribution is 2.44. The highest BCUT2D eigenvalue weighted by atomic mass is 16.5. The molecule has 0 saturated heterocycles. The molecule has 2 bridgehead atoms. The molecule has 0 radical (unpaired) electrons. The van der Waals surface area contributed by atoms with Gasteiger partial charge in [0.15, 0.2) is 0 Å². The van der Waals surface area contributed by atoms with E-state index >= 15 is 0 Å². The fraction of sp³-hybridized carbons (Fsp3) is 0.625. The van der Waals surface area contributed by atoms with Crippen molar-refractivity contribution in [3.05, 3.63) is 12.2 Å². The van der Waals surface area contributed by atoms with Crippen LogP contribution in [0.2, 0.25) is 0 Å². The molecule has 0 aliphatic heterocycles. The number of carbonyl (C=O) groups excluding carboxylic acids is 1. The van der Waals surface area contributed by atoms with Gasteiger partial charge in [-0.2, -0.15) is 0 Å². The Balaban J connectivity index is 2.16. The van der Waals surface area contributed by atoms with Gasteiger partial charge < -0.3 is 4.74 Å². The van der Waals surface area contributed by atoms with Crippen molar-refractivity contribution in [1.82, 2.24) is 0 Å². The topological polar surface area (TPSA) is 26.3 Å². The second-order valence-electron chi connectivity index (χ2n) is 3.14. The molecule has 54 valence electrons. The normalized spacial score (nSPS) is 42.2. The van der Waals surface area contributed by atoms with E-state index in [2.05, 4.69) is 6.08 Å². The monoisotopic (exact) mass is 138 g/mol. The molecule has 1 saturated carbocycles. The Kier molecular flexibility index (Phi) is 1.10. The first-order valence-corrected chi connectivity index (χ1v) is 3.65.